The lowest BCUT2D eigenvalue weighted by molar-refractivity contribution is -0.112. The van der Waals surface area contributed by atoms with E-state index in [2.05, 4.69) is 6.58 Å². The molecule has 0 bridgehead atoms. The van der Waals surface area contributed by atoms with Gasteiger partial charge in [0.25, 0.3) is 0 Å². The van der Waals surface area contributed by atoms with E-state index in [0.29, 0.717) is 5.57 Å². The van der Waals surface area contributed by atoms with Crippen molar-refractivity contribution >= 4 is 22.8 Å². The van der Waals surface area contributed by atoms with Gasteiger partial charge in [-0.2, -0.15) is 11.3 Å². The van der Waals surface area contributed by atoms with Gasteiger partial charge < -0.3 is 5.73 Å². The van der Waals surface area contributed by atoms with E-state index < -0.39 is 5.91 Å². The molecule has 0 aliphatic carbocycles. The van der Waals surface area contributed by atoms with E-state index >= 15 is 0 Å². The normalized spacial score (nSPS) is 9.20. The van der Waals surface area contributed by atoms with E-state index in [1.54, 1.807) is 0 Å². The zero-order valence-electron chi connectivity index (χ0n) is 5.33. The van der Waals surface area contributed by atoms with Crippen molar-refractivity contribution < 1.29 is 4.79 Å². The minimum Gasteiger partial charge on any atom is -0.366 e. The quantitative estimate of drug-likeness (QED) is 0.638. The second-order valence-electron chi connectivity index (χ2n) is 1.85. The Kier molecular flexibility index (Phi) is 1.87. The van der Waals surface area contributed by atoms with Crippen LogP contribution in [0.25, 0.3) is 5.57 Å². The van der Waals surface area contributed by atoms with Gasteiger partial charge in [0.2, 0.25) is 5.91 Å². The molecule has 0 fully saturated rings. The van der Waals surface area contributed by atoms with Crippen LogP contribution in [0.2, 0.25) is 0 Å². The average molecular weight is 153 g/mol. The Labute approximate surface area is 63.0 Å². The van der Waals surface area contributed by atoms with Crippen molar-refractivity contribution in [3.05, 3.63) is 29.0 Å². The molecule has 1 rings (SSSR count). The second kappa shape index (κ2) is 2.66. The highest BCUT2D eigenvalue weighted by Gasteiger charge is 2.03. The fourth-order valence-electron chi connectivity index (χ4n) is 0.578. The van der Waals surface area contributed by atoms with E-state index in [1.807, 2.05) is 16.8 Å². The minimum atomic E-state index is -0.460. The lowest BCUT2D eigenvalue weighted by atomic mass is 10.1. The molecule has 0 spiro atoms. The van der Waals surface area contributed by atoms with Gasteiger partial charge >= 0.3 is 0 Å². The summed E-state index contributed by atoms with van der Waals surface area (Å²) in [5.74, 6) is -0.460. The molecule has 0 aromatic carbocycles. The number of thiophene rings is 1. The fourth-order valence-corrected chi connectivity index (χ4v) is 1.25. The number of amides is 1. The molecule has 1 amide bonds. The average Bonchev–Trinajstić information content (AvgIpc) is 2.36. The van der Waals surface area contributed by atoms with Crippen molar-refractivity contribution in [2.24, 2.45) is 5.73 Å². The molecule has 1 heterocycles. The van der Waals surface area contributed by atoms with Crippen molar-refractivity contribution in [1.82, 2.24) is 0 Å². The third kappa shape index (κ3) is 1.25. The van der Waals surface area contributed by atoms with Crippen LogP contribution in [0.1, 0.15) is 5.56 Å². The number of primary amides is 1. The Morgan fingerprint density at radius 1 is 1.70 bits per heavy atom. The van der Waals surface area contributed by atoms with Crippen LogP contribution in [0.4, 0.5) is 0 Å². The van der Waals surface area contributed by atoms with Gasteiger partial charge in [-0.15, -0.1) is 0 Å². The van der Waals surface area contributed by atoms with Gasteiger partial charge in [-0.3, -0.25) is 4.79 Å². The lowest BCUT2D eigenvalue weighted by Crippen LogP contribution is -2.11. The molecule has 2 N–H and O–H groups in total. The predicted molar refractivity (Wildman–Crippen MR) is 42.5 cm³/mol. The van der Waals surface area contributed by atoms with Crippen molar-refractivity contribution in [3.63, 3.8) is 0 Å². The smallest absolute Gasteiger partial charge is 0.248 e. The SMILES string of the molecule is C=C(C(N)=O)c1ccsc1. The molecule has 52 valence electrons. The Balaban J connectivity index is 2.88. The molecule has 0 unspecified atom stereocenters. The first kappa shape index (κ1) is 7.02. The first-order valence-electron chi connectivity index (χ1n) is 2.73. The molecule has 2 nitrogen and oxygen atoms in total. The lowest BCUT2D eigenvalue weighted by Gasteiger charge is -1.93. The molecule has 1 aromatic heterocycles. The molecular weight excluding hydrogens is 146 g/mol. The maximum atomic E-state index is 10.5. The van der Waals surface area contributed by atoms with Gasteiger partial charge in [0.1, 0.15) is 0 Å². The highest BCUT2D eigenvalue weighted by atomic mass is 32.1. The van der Waals surface area contributed by atoms with Crippen LogP contribution in [0.5, 0.6) is 0 Å². The maximum Gasteiger partial charge on any atom is 0.248 e. The Morgan fingerprint density at radius 3 is 2.80 bits per heavy atom. The third-order valence-electron chi connectivity index (χ3n) is 1.17. The number of hydrogen-bond donors (Lipinski definition) is 1. The van der Waals surface area contributed by atoms with Gasteiger partial charge in [-0.25, -0.2) is 0 Å². The summed E-state index contributed by atoms with van der Waals surface area (Å²) in [7, 11) is 0. The Bertz CT molecular complexity index is 251. The monoisotopic (exact) mass is 153 g/mol. The van der Waals surface area contributed by atoms with Gasteiger partial charge in [-0.05, 0) is 22.4 Å². The van der Waals surface area contributed by atoms with Crippen molar-refractivity contribution in [3.8, 4) is 0 Å². The van der Waals surface area contributed by atoms with Crippen molar-refractivity contribution in [1.29, 1.82) is 0 Å². The van der Waals surface area contributed by atoms with Gasteiger partial charge in [-0.1, -0.05) is 6.58 Å². The molecule has 0 saturated carbocycles. The number of carbonyl (C=O) groups excluding carboxylic acids is 1. The maximum absolute atomic E-state index is 10.5. The first-order valence-corrected chi connectivity index (χ1v) is 3.67. The summed E-state index contributed by atoms with van der Waals surface area (Å²) in [6.45, 7) is 3.53. The predicted octanol–water partition coefficient (Wildman–Crippen LogP) is 1.25. The topological polar surface area (TPSA) is 43.1 Å². The summed E-state index contributed by atoms with van der Waals surface area (Å²) >= 11 is 1.52. The summed E-state index contributed by atoms with van der Waals surface area (Å²) in [4.78, 5) is 10.5. The summed E-state index contributed by atoms with van der Waals surface area (Å²) in [6.07, 6.45) is 0. The zero-order chi connectivity index (χ0) is 7.56. The van der Waals surface area contributed by atoms with Gasteiger partial charge in [0, 0.05) is 5.57 Å². The van der Waals surface area contributed by atoms with E-state index in [0.717, 1.165) is 5.56 Å². The van der Waals surface area contributed by atoms with Crippen LogP contribution < -0.4 is 5.73 Å². The van der Waals surface area contributed by atoms with Crippen LogP contribution in [0.15, 0.2) is 23.4 Å². The molecule has 3 heteroatoms. The van der Waals surface area contributed by atoms with E-state index in [1.165, 1.54) is 11.3 Å². The molecule has 0 aliphatic heterocycles. The molecular formula is C7H7NOS. The fraction of sp³-hybridized carbons (Fsp3) is 0. The van der Waals surface area contributed by atoms with E-state index in [4.69, 9.17) is 5.73 Å². The number of hydrogen-bond acceptors (Lipinski definition) is 2. The summed E-state index contributed by atoms with van der Waals surface area (Å²) in [5, 5.41) is 3.72. The first-order chi connectivity index (χ1) is 4.72. The highest BCUT2D eigenvalue weighted by Crippen LogP contribution is 2.14. The van der Waals surface area contributed by atoms with Crippen molar-refractivity contribution in [2.45, 2.75) is 0 Å². The minimum absolute atomic E-state index is 0.376. The van der Waals surface area contributed by atoms with Crippen LogP contribution in [0, 0.1) is 0 Å². The third-order valence-corrected chi connectivity index (χ3v) is 1.85. The Morgan fingerprint density at radius 2 is 2.40 bits per heavy atom. The number of rotatable bonds is 2. The Hall–Kier alpha value is -1.09. The molecule has 10 heavy (non-hydrogen) atoms. The molecule has 0 radical (unpaired) electrons. The molecule has 0 saturated heterocycles. The molecule has 0 atom stereocenters. The van der Waals surface area contributed by atoms with Gasteiger partial charge in [0.05, 0.1) is 0 Å². The van der Waals surface area contributed by atoms with Crippen LogP contribution >= 0.6 is 11.3 Å². The molecule has 1 aromatic rings. The van der Waals surface area contributed by atoms with Crippen LogP contribution in [-0.4, -0.2) is 5.91 Å². The van der Waals surface area contributed by atoms with Crippen molar-refractivity contribution in [2.75, 3.05) is 0 Å². The largest absolute Gasteiger partial charge is 0.366 e. The molecule has 0 aliphatic rings. The van der Waals surface area contributed by atoms with E-state index in [9.17, 15) is 4.79 Å². The zero-order valence-corrected chi connectivity index (χ0v) is 6.15. The summed E-state index contributed by atoms with van der Waals surface area (Å²) < 4.78 is 0. The highest BCUT2D eigenvalue weighted by molar-refractivity contribution is 7.08. The summed E-state index contributed by atoms with van der Waals surface area (Å²) in [5.41, 5.74) is 6.19. The van der Waals surface area contributed by atoms with Crippen LogP contribution in [-0.2, 0) is 4.79 Å². The second-order valence-corrected chi connectivity index (χ2v) is 2.63. The van der Waals surface area contributed by atoms with Crippen LogP contribution in [0.3, 0.4) is 0 Å². The standard InChI is InChI=1S/C7H7NOS/c1-5(7(8)9)6-2-3-10-4-6/h2-4H,1H2,(H2,8,9). The van der Waals surface area contributed by atoms with Gasteiger partial charge in [0.15, 0.2) is 0 Å². The summed E-state index contributed by atoms with van der Waals surface area (Å²) in [6, 6.07) is 1.82. The number of carbonyl (C=O) groups is 1. The number of nitrogens with two attached hydrogens (primary N) is 1. The van der Waals surface area contributed by atoms with E-state index in [-0.39, 0.29) is 0 Å².